The summed E-state index contributed by atoms with van der Waals surface area (Å²) in [4.78, 5) is 15.9. The molecule has 1 amide bonds. The number of hydrogen-bond acceptors (Lipinski definition) is 4. The quantitative estimate of drug-likeness (QED) is 0.607. The van der Waals surface area contributed by atoms with E-state index in [2.05, 4.69) is 16.9 Å². The number of amides is 1. The molecular formula is C13H23N3OS. The highest BCUT2D eigenvalue weighted by atomic mass is 32.2. The molecule has 1 aliphatic rings. The van der Waals surface area contributed by atoms with Gasteiger partial charge in [-0.05, 0) is 17.7 Å². The van der Waals surface area contributed by atoms with Gasteiger partial charge in [0.25, 0.3) is 0 Å². The number of amidine groups is 1. The Hall–Kier alpha value is -0.810. The van der Waals surface area contributed by atoms with Gasteiger partial charge in [-0.2, -0.15) is 0 Å². The second-order valence-corrected chi connectivity index (χ2v) is 5.60. The van der Waals surface area contributed by atoms with Crippen LogP contribution in [0.25, 0.3) is 0 Å². The third-order valence-electron chi connectivity index (χ3n) is 3.28. The van der Waals surface area contributed by atoms with Gasteiger partial charge in [-0.15, -0.1) is 0 Å². The standard InChI is InChI=1S/C13H23N3OS/c1-3-18-13(15-2)16-12(17)11(14)9-10-7-5-4-6-8-10/h3,10-11H,1,4-9,14H2,2H3,(H,15,16,17). The Balaban J connectivity index is 2.37. The summed E-state index contributed by atoms with van der Waals surface area (Å²) in [5.74, 6) is 0.462. The van der Waals surface area contributed by atoms with Gasteiger partial charge in [0.2, 0.25) is 5.91 Å². The molecule has 1 rings (SSSR count). The van der Waals surface area contributed by atoms with Crippen LogP contribution in [-0.4, -0.2) is 24.2 Å². The number of nitrogens with zero attached hydrogens (tertiary/aromatic N) is 1. The average molecular weight is 269 g/mol. The molecule has 1 saturated carbocycles. The lowest BCUT2D eigenvalue weighted by molar-refractivity contribution is -0.121. The van der Waals surface area contributed by atoms with Gasteiger partial charge in [0, 0.05) is 7.05 Å². The van der Waals surface area contributed by atoms with Crippen molar-refractivity contribution in [1.29, 1.82) is 0 Å². The molecule has 0 saturated heterocycles. The molecule has 0 heterocycles. The van der Waals surface area contributed by atoms with Gasteiger partial charge in [0.1, 0.15) is 0 Å². The minimum Gasteiger partial charge on any atom is -0.320 e. The normalized spacial score (nSPS) is 19.3. The Bertz CT molecular complexity index is 311. The fourth-order valence-electron chi connectivity index (χ4n) is 2.30. The Kier molecular flexibility index (Phi) is 7.05. The molecular weight excluding hydrogens is 246 g/mol. The van der Waals surface area contributed by atoms with E-state index in [1.807, 2.05) is 0 Å². The zero-order valence-corrected chi connectivity index (χ0v) is 11.8. The van der Waals surface area contributed by atoms with E-state index in [1.54, 1.807) is 12.5 Å². The Morgan fingerprint density at radius 2 is 2.22 bits per heavy atom. The number of nitrogens with one attached hydrogen (secondary N) is 1. The molecule has 0 spiro atoms. The fraction of sp³-hybridized carbons (Fsp3) is 0.692. The lowest BCUT2D eigenvalue weighted by Gasteiger charge is -2.24. The van der Waals surface area contributed by atoms with E-state index < -0.39 is 6.04 Å². The highest BCUT2D eigenvalue weighted by Gasteiger charge is 2.21. The van der Waals surface area contributed by atoms with Crippen molar-refractivity contribution >= 4 is 22.8 Å². The monoisotopic (exact) mass is 269 g/mol. The van der Waals surface area contributed by atoms with Crippen LogP contribution in [-0.2, 0) is 4.79 Å². The number of thioether (sulfide) groups is 1. The van der Waals surface area contributed by atoms with Gasteiger partial charge in [-0.3, -0.25) is 9.79 Å². The molecule has 0 aromatic carbocycles. The van der Waals surface area contributed by atoms with E-state index in [9.17, 15) is 4.79 Å². The lowest BCUT2D eigenvalue weighted by Crippen LogP contribution is -2.43. The molecule has 1 unspecified atom stereocenters. The number of carbonyl (C=O) groups is 1. The summed E-state index contributed by atoms with van der Waals surface area (Å²) in [5.41, 5.74) is 5.95. The first kappa shape index (κ1) is 15.2. The maximum Gasteiger partial charge on any atom is 0.242 e. The Morgan fingerprint density at radius 3 is 2.78 bits per heavy atom. The molecule has 0 aromatic rings. The van der Waals surface area contributed by atoms with Crippen molar-refractivity contribution in [2.45, 2.75) is 44.6 Å². The molecule has 5 heteroatoms. The van der Waals surface area contributed by atoms with Crippen molar-refractivity contribution < 1.29 is 4.79 Å². The van der Waals surface area contributed by atoms with E-state index in [-0.39, 0.29) is 5.91 Å². The van der Waals surface area contributed by atoms with E-state index >= 15 is 0 Å². The molecule has 4 nitrogen and oxygen atoms in total. The number of nitrogens with two attached hydrogens (primary N) is 1. The van der Waals surface area contributed by atoms with Crippen LogP contribution in [0.2, 0.25) is 0 Å². The summed E-state index contributed by atoms with van der Waals surface area (Å²) >= 11 is 1.29. The smallest absolute Gasteiger partial charge is 0.242 e. The zero-order chi connectivity index (χ0) is 13.4. The maximum absolute atomic E-state index is 11.9. The minimum atomic E-state index is -0.435. The number of rotatable bonds is 4. The van der Waals surface area contributed by atoms with E-state index in [0.717, 1.165) is 6.42 Å². The van der Waals surface area contributed by atoms with E-state index in [4.69, 9.17) is 5.73 Å². The van der Waals surface area contributed by atoms with Crippen molar-refractivity contribution in [2.24, 2.45) is 16.6 Å². The van der Waals surface area contributed by atoms with E-state index in [0.29, 0.717) is 11.1 Å². The Morgan fingerprint density at radius 1 is 1.56 bits per heavy atom. The molecule has 18 heavy (non-hydrogen) atoms. The summed E-state index contributed by atoms with van der Waals surface area (Å²) in [6.07, 6.45) is 7.05. The first-order valence-corrected chi connectivity index (χ1v) is 7.36. The molecule has 3 N–H and O–H groups in total. The lowest BCUT2D eigenvalue weighted by atomic mass is 9.85. The Labute approximate surface area is 113 Å². The SMILES string of the molecule is C=CSC(=NC)NC(=O)C(N)CC1CCCCC1. The summed E-state index contributed by atoms with van der Waals surface area (Å²) < 4.78 is 0. The van der Waals surface area contributed by atoms with Crippen LogP contribution in [0.15, 0.2) is 17.0 Å². The van der Waals surface area contributed by atoms with Crippen molar-refractivity contribution in [2.75, 3.05) is 7.05 Å². The summed E-state index contributed by atoms with van der Waals surface area (Å²) in [6, 6.07) is -0.435. The second-order valence-electron chi connectivity index (χ2n) is 4.65. The molecule has 1 aliphatic carbocycles. The topological polar surface area (TPSA) is 67.5 Å². The van der Waals surface area contributed by atoms with Crippen molar-refractivity contribution in [1.82, 2.24) is 5.32 Å². The molecule has 0 radical (unpaired) electrons. The molecule has 1 fully saturated rings. The number of hydrogen-bond donors (Lipinski definition) is 2. The van der Waals surface area contributed by atoms with Crippen molar-refractivity contribution in [3.8, 4) is 0 Å². The second kappa shape index (κ2) is 8.32. The molecule has 102 valence electrons. The predicted molar refractivity (Wildman–Crippen MR) is 78.5 cm³/mol. The van der Waals surface area contributed by atoms with Gasteiger partial charge in [-0.25, -0.2) is 0 Å². The first-order valence-electron chi connectivity index (χ1n) is 6.48. The summed E-state index contributed by atoms with van der Waals surface area (Å²) in [7, 11) is 1.64. The summed E-state index contributed by atoms with van der Waals surface area (Å²) in [5, 5.41) is 4.92. The third kappa shape index (κ3) is 5.23. The van der Waals surface area contributed by atoms with Crippen LogP contribution in [0.3, 0.4) is 0 Å². The van der Waals surface area contributed by atoms with Gasteiger partial charge in [0.15, 0.2) is 5.17 Å². The van der Waals surface area contributed by atoms with Crippen LogP contribution < -0.4 is 11.1 Å². The summed E-state index contributed by atoms with van der Waals surface area (Å²) in [6.45, 7) is 3.59. The molecule has 0 aromatic heterocycles. The van der Waals surface area contributed by atoms with Gasteiger partial charge in [0.05, 0.1) is 6.04 Å². The van der Waals surface area contributed by atoms with Gasteiger partial charge in [-0.1, -0.05) is 50.4 Å². The fourth-order valence-corrected chi connectivity index (χ4v) is 2.73. The average Bonchev–Trinajstić information content (AvgIpc) is 2.39. The van der Waals surface area contributed by atoms with E-state index in [1.165, 1.54) is 43.9 Å². The third-order valence-corrected chi connectivity index (χ3v) is 3.95. The predicted octanol–water partition coefficient (Wildman–Crippen LogP) is 2.26. The van der Waals surface area contributed by atoms with Gasteiger partial charge < -0.3 is 11.1 Å². The van der Waals surface area contributed by atoms with Gasteiger partial charge >= 0.3 is 0 Å². The number of carbonyl (C=O) groups excluding carboxylic acids is 1. The van der Waals surface area contributed by atoms with Crippen LogP contribution in [0.5, 0.6) is 0 Å². The highest BCUT2D eigenvalue weighted by molar-refractivity contribution is 8.16. The van der Waals surface area contributed by atoms with Crippen LogP contribution in [0.4, 0.5) is 0 Å². The van der Waals surface area contributed by atoms with Crippen LogP contribution in [0, 0.1) is 5.92 Å². The largest absolute Gasteiger partial charge is 0.320 e. The van der Waals surface area contributed by atoms with Crippen molar-refractivity contribution in [3.05, 3.63) is 12.0 Å². The van der Waals surface area contributed by atoms with Crippen LogP contribution >= 0.6 is 11.8 Å². The molecule has 1 atom stereocenters. The maximum atomic E-state index is 11.9. The minimum absolute atomic E-state index is 0.143. The molecule has 0 aliphatic heterocycles. The zero-order valence-electron chi connectivity index (χ0n) is 11.0. The first-order chi connectivity index (χ1) is 8.67. The highest BCUT2D eigenvalue weighted by Crippen LogP contribution is 2.26. The van der Waals surface area contributed by atoms with Crippen molar-refractivity contribution in [3.63, 3.8) is 0 Å². The number of aliphatic imine (C=N–C) groups is 1. The molecule has 0 bridgehead atoms. The van der Waals surface area contributed by atoms with Crippen LogP contribution in [0.1, 0.15) is 38.5 Å².